The lowest BCUT2D eigenvalue weighted by Crippen LogP contribution is -2.37. The maximum atomic E-state index is 11.9. The third-order valence-corrected chi connectivity index (χ3v) is 4.39. The first-order valence-corrected chi connectivity index (χ1v) is 7.81. The number of carbonyl (C=O) groups is 1. The molecule has 5 nitrogen and oxygen atoms in total. The fourth-order valence-corrected chi connectivity index (χ4v) is 2.98. The van der Waals surface area contributed by atoms with Crippen LogP contribution >= 0.6 is 11.6 Å². The van der Waals surface area contributed by atoms with Crippen LogP contribution in [0.3, 0.4) is 0 Å². The average molecular weight is 286 g/mol. The quantitative estimate of drug-likeness (QED) is 0.363. The molecule has 0 aliphatic heterocycles. The van der Waals surface area contributed by atoms with Gasteiger partial charge in [0, 0.05) is 12.4 Å². The van der Waals surface area contributed by atoms with E-state index >= 15 is 0 Å². The summed E-state index contributed by atoms with van der Waals surface area (Å²) in [6, 6.07) is 0. The van der Waals surface area contributed by atoms with E-state index in [0.29, 0.717) is 18.7 Å². The molecule has 102 valence electrons. The first-order valence-electron chi connectivity index (χ1n) is 5.67. The van der Waals surface area contributed by atoms with Gasteiger partial charge in [-0.2, -0.15) is 4.31 Å². The summed E-state index contributed by atoms with van der Waals surface area (Å²) >= 11 is 5.49. The number of hydrogen-bond acceptors (Lipinski definition) is 4. The monoisotopic (exact) mass is 285 g/mol. The average Bonchev–Trinajstić information content (AvgIpc) is 2.26. The van der Waals surface area contributed by atoms with Crippen molar-refractivity contribution >= 4 is 27.6 Å². The van der Waals surface area contributed by atoms with Crippen molar-refractivity contribution in [3.8, 4) is 0 Å². The van der Waals surface area contributed by atoms with Gasteiger partial charge in [0.05, 0.1) is 12.4 Å². The second kappa shape index (κ2) is 8.72. The van der Waals surface area contributed by atoms with Crippen molar-refractivity contribution in [3.05, 3.63) is 0 Å². The Balaban J connectivity index is 4.36. The minimum Gasteiger partial charge on any atom is -0.465 e. The van der Waals surface area contributed by atoms with Gasteiger partial charge in [-0.05, 0) is 19.8 Å². The summed E-state index contributed by atoms with van der Waals surface area (Å²) in [6.07, 6.45) is 1.16. The number of halogens is 1. The van der Waals surface area contributed by atoms with E-state index in [0.717, 1.165) is 4.31 Å². The predicted molar refractivity (Wildman–Crippen MR) is 67.6 cm³/mol. The van der Waals surface area contributed by atoms with Crippen LogP contribution in [0.1, 0.15) is 26.7 Å². The van der Waals surface area contributed by atoms with E-state index < -0.39 is 16.0 Å². The molecule has 0 amide bonds. The van der Waals surface area contributed by atoms with Crippen molar-refractivity contribution in [3.63, 3.8) is 0 Å². The van der Waals surface area contributed by atoms with Crippen molar-refractivity contribution in [1.29, 1.82) is 0 Å². The van der Waals surface area contributed by atoms with E-state index in [1.165, 1.54) is 0 Å². The molecule has 0 aliphatic rings. The van der Waals surface area contributed by atoms with Crippen molar-refractivity contribution in [2.75, 3.05) is 31.3 Å². The van der Waals surface area contributed by atoms with Crippen molar-refractivity contribution in [1.82, 2.24) is 4.31 Å². The second-order valence-electron chi connectivity index (χ2n) is 3.44. The molecule has 0 aliphatic carbocycles. The number of unbranched alkanes of at least 4 members (excludes halogenated alkanes) is 1. The van der Waals surface area contributed by atoms with Crippen LogP contribution in [0, 0.1) is 0 Å². The Bertz CT molecular complexity index is 318. The number of rotatable bonds is 9. The molecular weight excluding hydrogens is 266 g/mol. The van der Waals surface area contributed by atoms with E-state index in [2.05, 4.69) is 0 Å². The SMILES string of the molecule is CCOC(=O)CN(CC)S(=O)(=O)CCCCCl. The van der Waals surface area contributed by atoms with Gasteiger partial charge in [-0.3, -0.25) is 4.79 Å². The molecular formula is C10H20ClNO4S. The molecule has 0 spiro atoms. The molecule has 0 aromatic carbocycles. The van der Waals surface area contributed by atoms with Crippen LogP contribution in [0.15, 0.2) is 0 Å². The lowest BCUT2D eigenvalue weighted by Gasteiger charge is -2.19. The zero-order valence-corrected chi connectivity index (χ0v) is 11.9. The van der Waals surface area contributed by atoms with Gasteiger partial charge in [-0.1, -0.05) is 6.92 Å². The normalized spacial score (nSPS) is 11.8. The maximum Gasteiger partial charge on any atom is 0.321 e. The van der Waals surface area contributed by atoms with Gasteiger partial charge in [-0.15, -0.1) is 11.6 Å². The van der Waals surface area contributed by atoms with Gasteiger partial charge >= 0.3 is 5.97 Å². The molecule has 0 aromatic heterocycles. The van der Waals surface area contributed by atoms with Gasteiger partial charge in [0.15, 0.2) is 0 Å². The highest BCUT2D eigenvalue weighted by Crippen LogP contribution is 2.05. The number of carbonyl (C=O) groups excluding carboxylic acids is 1. The Kier molecular flexibility index (Phi) is 8.55. The fraction of sp³-hybridized carbons (Fsp3) is 0.900. The van der Waals surface area contributed by atoms with E-state index in [1.807, 2.05) is 0 Å². The lowest BCUT2D eigenvalue weighted by molar-refractivity contribution is -0.143. The van der Waals surface area contributed by atoms with E-state index in [4.69, 9.17) is 16.3 Å². The Morgan fingerprint density at radius 2 is 1.94 bits per heavy atom. The number of sulfonamides is 1. The summed E-state index contributed by atoms with van der Waals surface area (Å²) in [6.45, 7) is 3.68. The van der Waals surface area contributed by atoms with Gasteiger partial charge in [-0.25, -0.2) is 8.42 Å². The van der Waals surface area contributed by atoms with Gasteiger partial charge in [0.2, 0.25) is 10.0 Å². The highest BCUT2D eigenvalue weighted by Gasteiger charge is 2.22. The third kappa shape index (κ3) is 6.85. The standard InChI is InChI=1S/C10H20ClNO4S/c1-3-12(9-10(13)16-4-2)17(14,15)8-6-5-7-11/h3-9H2,1-2H3. The lowest BCUT2D eigenvalue weighted by atomic mass is 10.4. The molecule has 7 heteroatoms. The minimum atomic E-state index is -3.38. The highest BCUT2D eigenvalue weighted by molar-refractivity contribution is 7.89. The van der Waals surface area contributed by atoms with Crippen LogP contribution < -0.4 is 0 Å². The van der Waals surface area contributed by atoms with Gasteiger partial charge in [0.25, 0.3) is 0 Å². The van der Waals surface area contributed by atoms with Crippen LogP contribution in [0.2, 0.25) is 0 Å². The first kappa shape index (κ1) is 16.7. The smallest absolute Gasteiger partial charge is 0.321 e. The zero-order chi connectivity index (χ0) is 13.3. The van der Waals surface area contributed by atoms with Crippen molar-refractivity contribution in [2.24, 2.45) is 0 Å². The number of nitrogens with zero attached hydrogens (tertiary/aromatic N) is 1. The Hall–Kier alpha value is -0.330. The molecule has 0 saturated heterocycles. The van der Waals surface area contributed by atoms with Crippen LogP contribution in [0.5, 0.6) is 0 Å². The number of hydrogen-bond donors (Lipinski definition) is 0. The van der Waals surface area contributed by atoms with E-state index in [9.17, 15) is 13.2 Å². The largest absolute Gasteiger partial charge is 0.465 e. The fourth-order valence-electron chi connectivity index (χ4n) is 1.27. The molecule has 0 N–H and O–H groups in total. The summed E-state index contributed by atoms with van der Waals surface area (Å²) in [5.41, 5.74) is 0. The number of esters is 1. The Labute approximate surface area is 108 Å². The summed E-state index contributed by atoms with van der Waals surface area (Å²) in [4.78, 5) is 11.2. The first-order chi connectivity index (χ1) is 7.97. The number of likely N-dealkylation sites (N-methyl/N-ethyl adjacent to an activating group) is 1. The van der Waals surface area contributed by atoms with Crippen LogP contribution in [0.25, 0.3) is 0 Å². The molecule has 0 radical (unpaired) electrons. The predicted octanol–water partition coefficient (Wildman–Crippen LogP) is 1.22. The zero-order valence-electron chi connectivity index (χ0n) is 10.3. The summed E-state index contributed by atoms with van der Waals surface area (Å²) in [5.74, 6) is -0.0535. The number of alkyl halides is 1. The summed E-state index contributed by atoms with van der Waals surface area (Å²) in [5, 5.41) is 0. The molecule has 17 heavy (non-hydrogen) atoms. The van der Waals surface area contributed by atoms with Crippen LogP contribution in [-0.4, -0.2) is 50.0 Å². The molecule has 0 rings (SSSR count). The van der Waals surface area contributed by atoms with Crippen molar-refractivity contribution < 1.29 is 17.9 Å². The topological polar surface area (TPSA) is 63.7 Å². The molecule has 0 atom stereocenters. The molecule has 0 saturated carbocycles. The van der Waals surface area contributed by atoms with Crippen LogP contribution in [0.4, 0.5) is 0 Å². The Morgan fingerprint density at radius 1 is 1.29 bits per heavy atom. The summed E-state index contributed by atoms with van der Waals surface area (Å²) < 4.78 is 29.6. The molecule has 0 aromatic rings. The van der Waals surface area contributed by atoms with E-state index in [1.54, 1.807) is 13.8 Å². The minimum absolute atomic E-state index is 0.0208. The third-order valence-electron chi connectivity index (χ3n) is 2.14. The molecule has 0 unspecified atom stereocenters. The molecule has 0 fully saturated rings. The molecule has 0 bridgehead atoms. The molecule has 0 heterocycles. The number of ether oxygens (including phenoxy) is 1. The maximum absolute atomic E-state index is 11.9. The van der Waals surface area contributed by atoms with Gasteiger partial charge in [0.1, 0.15) is 6.54 Å². The highest BCUT2D eigenvalue weighted by atomic mass is 35.5. The van der Waals surface area contributed by atoms with E-state index in [-0.39, 0.29) is 25.4 Å². The summed E-state index contributed by atoms with van der Waals surface area (Å²) in [7, 11) is -3.38. The van der Waals surface area contributed by atoms with Crippen LogP contribution in [-0.2, 0) is 19.6 Å². The Morgan fingerprint density at radius 3 is 2.41 bits per heavy atom. The second-order valence-corrected chi connectivity index (χ2v) is 5.91. The van der Waals surface area contributed by atoms with Gasteiger partial charge < -0.3 is 4.74 Å². The van der Waals surface area contributed by atoms with Crippen molar-refractivity contribution in [2.45, 2.75) is 26.7 Å².